The largest absolute Gasteiger partial charge is 0.333 e. The molecule has 6 nitrogen and oxygen atoms in total. The molecular formula is C31H28Cl2FN5O. The van der Waals surface area contributed by atoms with Crippen LogP contribution in [0.5, 0.6) is 0 Å². The monoisotopic (exact) mass is 575 g/mol. The minimum atomic E-state index is -0.434. The van der Waals surface area contributed by atoms with E-state index in [1.165, 1.54) is 18.9 Å². The summed E-state index contributed by atoms with van der Waals surface area (Å²) in [6.07, 6.45) is 8.77. The van der Waals surface area contributed by atoms with E-state index in [0.29, 0.717) is 37.5 Å². The summed E-state index contributed by atoms with van der Waals surface area (Å²) in [5.41, 5.74) is 6.23. The maximum Gasteiger partial charge on any atom is 0.326 e. The number of benzene rings is 2. The van der Waals surface area contributed by atoms with E-state index in [4.69, 9.17) is 11.6 Å². The Morgan fingerprint density at radius 2 is 2.05 bits per heavy atom. The Morgan fingerprint density at radius 1 is 1.20 bits per heavy atom. The van der Waals surface area contributed by atoms with Gasteiger partial charge in [-0.15, -0.1) is 12.4 Å². The number of nitrogens with one attached hydrogen (secondary N) is 1. The van der Waals surface area contributed by atoms with Crippen molar-refractivity contribution in [3.63, 3.8) is 0 Å². The van der Waals surface area contributed by atoms with Crippen LogP contribution in [0.3, 0.4) is 0 Å². The number of halogens is 3. The van der Waals surface area contributed by atoms with Gasteiger partial charge in [-0.1, -0.05) is 35.9 Å². The fourth-order valence-electron chi connectivity index (χ4n) is 5.29. The topological polar surface area (TPSA) is 74.0 Å². The van der Waals surface area contributed by atoms with Crippen LogP contribution in [0.1, 0.15) is 52.4 Å². The Kier molecular flexibility index (Phi) is 8.22. The number of hydrogen-bond acceptors (Lipinski definition) is 4. The van der Waals surface area contributed by atoms with Gasteiger partial charge in [-0.2, -0.15) is 5.26 Å². The van der Waals surface area contributed by atoms with E-state index in [0.717, 1.165) is 45.5 Å². The van der Waals surface area contributed by atoms with Crippen LogP contribution in [0, 0.1) is 17.1 Å². The summed E-state index contributed by atoms with van der Waals surface area (Å²) in [6, 6.07) is 16.3. The van der Waals surface area contributed by atoms with Gasteiger partial charge in [0.1, 0.15) is 5.82 Å². The molecule has 40 heavy (non-hydrogen) atoms. The lowest BCUT2D eigenvalue weighted by Gasteiger charge is -2.27. The van der Waals surface area contributed by atoms with Gasteiger partial charge in [-0.3, -0.25) is 14.5 Å². The fraction of sp³-hybridized carbons (Fsp3) is 0.258. The molecule has 0 saturated heterocycles. The summed E-state index contributed by atoms with van der Waals surface area (Å²) in [4.78, 5) is 20.3. The van der Waals surface area contributed by atoms with E-state index in [1.807, 2.05) is 30.5 Å². The number of carbonyl (C=O) groups is 1. The minimum absolute atomic E-state index is 0. The van der Waals surface area contributed by atoms with Crippen molar-refractivity contribution in [1.29, 1.82) is 5.26 Å². The van der Waals surface area contributed by atoms with Crippen LogP contribution in [0.4, 0.5) is 9.18 Å². The highest BCUT2D eigenvalue weighted by Crippen LogP contribution is 2.39. The average Bonchev–Trinajstić information content (AvgIpc) is 3.76. The van der Waals surface area contributed by atoms with E-state index in [2.05, 4.69) is 27.3 Å². The predicted octanol–water partition coefficient (Wildman–Crippen LogP) is 6.83. The third-order valence-corrected chi connectivity index (χ3v) is 7.77. The lowest BCUT2D eigenvalue weighted by Crippen LogP contribution is -2.34. The molecule has 1 fully saturated rings. The maximum absolute atomic E-state index is 13.8. The number of aromatic nitrogens is 2. The standard InChI is InChI=1S/C31H27ClFN5O.ClH/c32-26-8-4-20(14-27(26)33)2-1-12-37-13-10-29-25(19-37)24-7-3-21(17-34)16-30(24)38(29)31(39)36-18-22-9-11-35-28(15-22)23-5-6-23;/h1-4,7-9,11,14-16,23H,5-6,10,12-13,18-19H2,(H,36,39);1H/b2-1+;. The average molecular weight is 577 g/mol. The van der Waals surface area contributed by atoms with Gasteiger partial charge in [-0.25, -0.2) is 9.18 Å². The summed E-state index contributed by atoms with van der Waals surface area (Å²) in [7, 11) is 0. The normalized spacial score (nSPS) is 15.0. The van der Waals surface area contributed by atoms with Crippen LogP contribution in [-0.4, -0.2) is 33.6 Å². The van der Waals surface area contributed by atoms with Crippen molar-refractivity contribution >= 4 is 47.0 Å². The molecule has 0 bridgehead atoms. The Labute approximate surface area is 243 Å². The molecule has 2 aromatic carbocycles. The van der Waals surface area contributed by atoms with Gasteiger partial charge >= 0.3 is 6.03 Å². The Morgan fingerprint density at radius 3 is 2.83 bits per heavy atom. The zero-order valence-electron chi connectivity index (χ0n) is 21.7. The third-order valence-electron chi connectivity index (χ3n) is 7.46. The van der Waals surface area contributed by atoms with E-state index in [1.54, 1.807) is 28.8 Å². The van der Waals surface area contributed by atoms with Crippen molar-refractivity contribution in [1.82, 2.24) is 19.8 Å². The smallest absolute Gasteiger partial charge is 0.326 e. The minimum Gasteiger partial charge on any atom is -0.333 e. The molecule has 1 N–H and O–H groups in total. The summed E-state index contributed by atoms with van der Waals surface area (Å²) < 4.78 is 15.5. The Bertz CT molecular complexity index is 1650. The van der Waals surface area contributed by atoms with Crippen LogP contribution < -0.4 is 5.32 Å². The molecule has 1 saturated carbocycles. The molecule has 9 heteroatoms. The first-order valence-corrected chi connectivity index (χ1v) is 13.5. The highest BCUT2D eigenvalue weighted by atomic mass is 35.5. The highest BCUT2D eigenvalue weighted by molar-refractivity contribution is 6.30. The number of nitrogens with zero attached hydrogens (tertiary/aromatic N) is 4. The summed E-state index contributed by atoms with van der Waals surface area (Å²) in [5.74, 6) is 0.118. The Balaban J connectivity index is 0.00000323. The third kappa shape index (κ3) is 5.75. The second kappa shape index (κ2) is 11.8. The molecule has 0 atom stereocenters. The van der Waals surface area contributed by atoms with Gasteiger partial charge in [0, 0.05) is 61.5 Å². The molecule has 0 spiro atoms. The molecule has 2 aromatic heterocycles. The molecular weight excluding hydrogens is 548 g/mol. The number of amides is 1. The zero-order valence-corrected chi connectivity index (χ0v) is 23.3. The van der Waals surface area contributed by atoms with Crippen molar-refractivity contribution in [2.75, 3.05) is 13.1 Å². The first kappa shape index (κ1) is 27.9. The summed E-state index contributed by atoms with van der Waals surface area (Å²) in [5, 5.41) is 13.7. The van der Waals surface area contributed by atoms with Crippen molar-refractivity contribution in [3.8, 4) is 6.07 Å². The lowest BCUT2D eigenvalue weighted by molar-refractivity contribution is 0.240. The van der Waals surface area contributed by atoms with Crippen molar-refractivity contribution in [2.24, 2.45) is 0 Å². The highest BCUT2D eigenvalue weighted by Gasteiger charge is 2.27. The summed E-state index contributed by atoms with van der Waals surface area (Å²) >= 11 is 5.79. The molecule has 0 unspecified atom stereocenters. The van der Waals surface area contributed by atoms with Crippen LogP contribution in [-0.2, 0) is 19.5 Å². The van der Waals surface area contributed by atoms with Crippen LogP contribution in [0.2, 0.25) is 5.02 Å². The van der Waals surface area contributed by atoms with Crippen molar-refractivity contribution in [2.45, 2.75) is 38.3 Å². The number of carbonyl (C=O) groups excluding carboxylic acids is 1. The second-order valence-corrected chi connectivity index (χ2v) is 10.6. The fourth-order valence-corrected chi connectivity index (χ4v) is 5.41. The molecule has 1 amide bonds. The molecule has 4 aromatic rings. The summed E-state index contributed by atoms with van der Waals surface area (Å²) in [6.45, 7) is 2.54. The van der Waals surface area contributed by atoms with E-state index in [9.17, 15) is 14.4 Å². The lowest BCUT2D eigenvalue weighted by atomic mass is 10.0. The van der Waals surface area contributed by atoms with Gasteiger partial charge in [0.2, 0.25) is 0 Å². The maximum atomic E-state index is 13.8. The molecule has 0 radical (unpaired) electrons. The van der Waals surface area contributed by atoms with Crippen molar-refractivity contribution < 1.29 is 9.18 Å². The van der Waals surface area contributed by atoms with Gasteiger partial charge < -0.3 is 5.32 Å². The predicted molar refractivity (Wildman–Crippen MR) is 157 cm³/mol. The van der Waals surface area contributed by atoms with E-state index < -0.39 is 5.82 Å². The molecule has 204 valence electrons. The number of fused-ring (bicyclic) bond motifs is 3. The van der Waals surface area contributed by atoms with E-state index in [-0.39, 0.29) is 23.5 Å². The SMILES string of the molecule is Cl.N#Cc1ccc2c3c(n(C(=O)NCc4ccnc(C5CC5)c4)c2c1)CCN(C/C=C/c1ccc(Cl)c(F)c1)C3. The molecule has 1 aliphatic heterocycles. The molecule has 2 aliphatic rings. The number of pyridine rings is 1. The van der Waals surface area contributed by atoms with Gasteiger partial charge in [0.25, 0.3) is 0 Å². The van der Waals surface area contributed by atoms with Gasteiger partial charge in [0.15, 0.2) is 0 Å². The zero-order chi connectivity index (χ0) is 26.9. The Hall–Kier alpha value is -3.70. The quantitative estimate of drug-likeness (QED) is 0.273. The van der Waals surface area contributed by atoms with E-state index >= 15 is 0 Å². The van der Waals surface area contributed by atoms with Crippen LogP contribution >= 0.6 is 24.0 Å². The first-order valence-electron chi connectivity index (χ1n) is 13.1. The first-order chi connectivity index (χ1) is 19.0. The number of hydrogen-bond donors (Lipinski definition) is 1. The van der Waals surface area contributed by atoms with Crippen LogP contribution in [0.25, 0.3) is 17.0 Å². The molecule has 3 heterocycles. The number of rotatable bonds is 6. The second-order valence-electron chi connectivity index (χ2n) is 10.2. The van der Waals surface area contributed by atoms with Crippen molar-refractivity contribution in [3.05, 3.63) is 105 Å². The molecule has 6 rings (SSSR count). The van der Waals surface area contributed by atoms with Gasteiger partial charge in [0.05, 0.1) is 22.2 Å². The van der Waals surface area contributed by atoms with Gasteiger partial charge in [-0.05, 0) is 65.9 Å². The molecule has 1 aliphatic carbocycles. The van der Waals surface area contributed by atoms with Crippen LogP contribution in [0.15, 0.2) is 60.8 Å². The number of nitriles is 1.